The second kappa shape index (κ2) is 4.47. The van der Waals surface area contributed by atoms with Gasteiger partial charge in [-0.1, -0.05) is 15.9 Å². The van der Waals surface area contributed by atoms with Crippen LogP contribution in [0.3, 0.4) is 0 Å². The first kappa shape index (κ1) is 11.5. The topological polar surface area (TPSA) is 54.6 Å². The Labute approximate surface area is 105 Å². The Balaban J connectivity index is 2.71. The average molecular weight is 301 g/mol. The van der Waals surface area contributed by atoms with Crippen LogP contribution in [-0.4, -0.2) is 26.7 Å². The maximum atomic E-state index is 11.0. The zero-order chi connectivity index (χ0) is 11.7. The zero-order valence-corrected chi connectivity index (χ0v) is 10.9. The van der Waals surface area contributed by atoms with Crippen LogP contribution in [0.5, 0.6) is 0 Å². The van der Waals surface area contributed by atoms with Gasteiger partial charge in [-0.15, -0.1) is 0 Å². The van der Waals surface area contributed by atoms with Gasteiger partial charge in [0.2, 0.25) is 0 Å². The van der Waals surface area contributed by atoms with E-state index in [0.717, 1.165) is 10.3 Å². The fourth-order valence-electron chi connectivity index (χ4n) is 1.51. The van der Waals surface area contributed by atoms with Gasteiger partial charge in [-0.2, -0.15) is 11.8 Å². The highest BCUT2D eigenvalue weighted by atomic mass is 79.9. The van der Waals surface area contributed by atoms with E-state index in [4.69, 9.17) is 5.11 Å². The van der Waals surface area contributed by atoms with Crippen LogP contribution >= 0.6 is 27.7 Å². The average Bonchev–Trinajstić information content (AvgIpc) is 2.57. The SMILES string of the molecule is CSCc1nc(C(=O)O)c2cc(Br)ccn12. The zero-order valence-electron chi connectivity index (χ0n) is 8.48. The number of hydrogen-bond donors (Lipinski definition) is 1. The van der Waals surface area contributed by atoms with Gasteiger partial charge in [-0.05, 0) is 18.4 Å². The molecule has 0 aromatic carbocycles. The fourth-order valence-corrected chi connectivity index (χ4v) is 2.31. The summed E-state index contributed by atoms with van der Waals surface area (Å²) >= 11 is 4.94. The highest BCUT2D eigenvalue weighted by Crippen LogP contribution is 2.20. The van der Waals surface area contributed by atoms with Gasteiger partial charge in [0, 0.05) is 10.7 Å². The van der Waals surface area contributed by atoms with E-state index in [2.05, 4.69) is 20.9 Å². The molecule has 0 spiro atoms. The third kappa shape index (κ3) is 1.94. The standard InChI is InChI=1S/C10H9BrN2O2S/c1-16-5-8-12-9(10(14)15)7-4-6(11)2-3-13(7)8/h2-4H,5H2,1H3,(H,14,15). The highest BCUT2D eigenvalue weighted by molar-refractivity contribution is 9.10. The number of hydrogen-bond acceptors (Lipinski definition) is 3. The molecule has 2 aromatic rings. The number of carboxylic acid groups (broad SMARTS) is 1. The Hall–Kier alpha value is -1.01. The molecule has 0 aliphatic heterocycles. The van der Waals surface area contributed by atoms with Gasteiger partial charge in [0.05, 0.1) is 11.3 Å². The summed E-state index contributed by atoms with van der Waals surface area (Å²) < 4.78 is 2.66. The summed E-state index contributed by atoms with van der Waals surface area (Å²) in [5.74, 6) is 0.450. The number of halogens is 1. The maximum Gasteiger partial charge on any atom is 0.356 e. The predicted molar refractivity (Wildman–Crippen MR) is 67.1 cm³/mol. The van der Waals surface area contributed by atoms with Crippen LogP contribution in [0, 0.1) is 0 Å². The molecule has 2 heterocycles. The second-order valence-electron chi connectivity index (χ2n) is 3.22. The molecule has 0 amide bonds. The van der Waals surface area contributed by atoms with Crippen molar-refractivity contribution in [3.8, 4) is 0 Å². The molecule has 4 nitrogen and oxygen atoms in total. The molecule has 6 heteroatoms. The lowest BCUT2D eigenvalue weighted by atomic mass is 10.3. The molecule has 0 fully saturated rings. The number of carboxylic acids is 1. The van der Waals surface area contributed by atoms with Crippen molar-refractivity contribution in [2.45, 2.75) is 5.75 Å². The summed E-state index contributed by atoms with van der Waals surface area (Å²) in [4.78, 5) is 15.2. The number of pyridine rings is 1. The molecule has 84 valence electrons. The van der Waals surface area contributed by atoms with E-state index < -0.39 is 5.97 Å². The molecule has 0 radical (unpaired) electrons. The van der Waals surface area contributed by atoms with E-state index in [-0.39, 0.29) is 5.69 Å². The van der Waals surface area contributed by atoms with Crippen LogP contribution in [0.1, 0.15) is 16.3 Å². The molecule has 0 bridgehead atoms. The van der Waals surface area contributed by atoms with Crippen molar-refractivity contribution < 1.29 is 9.90 Å². The molecular weight excluding hydrogens is 292 g/mol. The lowest BCUT2D eigenvalue weighted by Gasteiger charge is -1.99. The van der Waals surface area contributed by atoms with Crippen molar-refractivity contribution in [2.75, 3.05) is 6.26 Å². The fraction of sp³-hybridized carbons (Fsp3) is 0.200. The molecule has 0 aliphatic rings. The third-order valence-corrected chi connectivity index (χ3v) is 3.19. The first-order valence-corrected chi connectivity index (χ1v) is 6.71. The number of thioether (sulfide) groups is 1. The number of imidazole rings is 1. The van der Waals surface area contributed by atoms with Crippen LogP contribution in [0.25, 0.3) is 5.52 Å². The van der Waals surface area contributed by atoms with Crippen molar-refractivity contribution in [3.63, 3.8) is 0 Å². The molecule has 0 unspecified atom stereocenters. The van der Waals surface area contributed by atoms with E-state index in [9.17, 15) is 4.79 Å². The molecule has 0 atom stereocenters. The summed E-state index contributed by atoms with van der Waals surface area (Å²) in [5.41, 5.74) is 0.719. The van der Waals surface area contributed by atoms with Gasteiger partial charge in [-0.3, -0.25) is 0 Å². The number of carbonyl (C=O) groups is 1. The summed E-state index contributed by atoms with van der Waals surface area (Å²) in [5, 5.41) is 9.06. The summed E-state index contributed by atoms with van der Waals surface area (Å²) in [7, 11) is 0. The third-order valence-electron chi connectivity index (χ3n) is 2.15. The van der Waals surface area contributed by atoms with Crippen molar-refractivity contribution in [1.82, 2.24) is 9.38 Å². The summed E-state index contributed by atoms with van der Waals surface area (Å²) in [6.07, 6.45) is 3.78. The van der Waals surface area contributed by atoms with Crippen molar-refractivity contribution in [3.05, 3.63) is 34.3 Å². The number of rotatable bonds is 3. The number of nitrogens with zero attached hydrogens (tertiary/aromatic N) is 2. The molecule has 1 N–H and O–H groups in total. The number of aromatic carboxylic acids is 1. The van der Waals surface area contributed by atoms with E-state index in [1.165, 1.54) is 0 Å². The van der Waals surface area contributed by atoms with Gasteiger partial charge in [0.1, 0.15) is 5.82 Å². The molecule has 2 aromatic heterocycles. The van der Waals surface area contributed by atoms with Crippen LogP contribution in [0.15, 0.2) is 22.8 Å². The Kier molecular flexibility index (Phi) is 3.20. The molecule has 0 saturated carbocycles. The van der Waals surface area contributed by atoms with Gasteiger partial charge in [0.15, 0.2) is 5.69 Å². The highest BCUT2D eigenvalue weighted by Gasteiger charge is 2.16. The minimum absolute atomic E-state index is 0.102. The van der Waals surface area contributed by atoms with E-state index in [1.54, 1.807) is 17.8 Å². The van der Waals surface area contributed by atoms with Crippen molar-refractivity contribution in [1.29, 1.82) is 0 Å². The van der Waals surface area contributed by atoms with Crippen LogP contribution < -0.4 is 0 Å². The van der Waals surface area contributed by atoms with Gasteiger partial charge >= 0.3 is 5.97 Å². The largest absolute Gasteiger partial charge is 0.476 e. The molecule has 0 aliphatic carbocycles. The minimum atomic E-state index is -0.997. The normalized spacial score (nSPS) is 10.9. The monoisotopic (exact) mass is 300 g/mol. The van der Waals surface area contributed by atoms with Crippen LogP contribution in [0.4, 0.5) is 0 Å². The summed E-state index contributed by atoms with van der Waals surface area (Å²) in [6, 6.07) is 3.63. The molecule has 2 rings (SSSR count). The van der Waals surface area contributed by atoms with Gasteiger partial charge in [-0.25, -0.2) is 9.78 Å². The number of aromatic nitrogens is 2. The first-order chi connectivity index (χ1) is 7.63. The van der Waals surface area contributed by atoms with E-state index >= 15 is 0 Å². The quantitative estimate of drug-likeness (QED) is 0.947. The minimum Gasteiger partial charge on any atom is -0.476 e. The second-order valence-corrected chi connectivity index (χ2v) is 5.00. The summed E-state index contributed by atoms with van der Waals surface area (Å²) in [6.45, 7) is 0. The molecule has 0 saturated heterocycles. The Morgan fingerprint density at radius 2 is 2.44 bits per heavy atom. The van der Waals surface area contributed by atoms with E-state index in [1.807, 2.05) is 22.9 Å². The Morgan fingerprint density at radius 1 is 1.69 bits per heavy atom. The number of fused-ring (bicyclic) bond motifs is 1. The Bertz CT molecular complexity index is 553. The Morgan fingerprint density at radius 3 is 3.06 bits per heavy atom. The predicted octanol–water partition coefficient (Wildman–Crippen LogP) is 2.66. The van der Waals surface area contributed by atoms with Crippen molar-refractivity contribution >= 4 is 39.2 Å². The van der Waals surface area contributed by atoms with Crippen LogP contribution in [-0.2, 0) is 5.75 Å². The first-order valence-electron chi connectivity index (χ1n) is 4.52. The smallest absolute Gasteiger partial charge is 0.356 e. The van der Waals surface area contributed by atoms with Crippen molar-refractivity contribution in [2.24, 2.45) is 0 Å². The van der Waals surface area contributed by atoms with E-state index in [0.29, 0.717) is 11.3 Å². The lowest BCUT2D eigenvalue weighted by molar-refractivity contribution is 0.0693. The van der Waals surface area contributed by atoms with Gasteiger partial charge in [0.25, 0.3) is 0 Å². The lowest BCUT2D eigenvalue weighted by Crippen LogP contribution is -1.97. The molecular formula is C10H9BrN2O2S. The maximum absolute atomic E-state index is 11.0. The van der Waals surface area contributed by atoms with Crippen LogP contribution in [0.2, 0.25) is 0 Å². The van der Waals surface area contributed by atoms with Gasteiger partial charge < -0.3 is 9.51 Å². The molecule has 16 heavy (non-hydrogen) atoms.